The Morgan fingerprint density at radius 1 is 1.50 bits per heavy atom. The van der Waals surface area contributed by atoms with Gasteiger partial charge in [0.1, 0.15) is 0 Å². The number of nitrogens with one attached hydrogen (secondary N) is 1. The normalized spacial score (nSPS) is 11.7. The lowest BCUT2D eigenvalue weighted by Crippen LogP contribution is -2.25. The lowest BCUT2D eigenvalue weighted by molar-refractivity contribution is -0.00738. The maximum Gasteiger partial charge on any atom is 0.0693 e. The van der Waals surface area contributed by atoms with E-state index in [1.807, 2.05) is 7.05 Å². The van der Waals surface area contributed by atoms with Gasteiger partial charge in [0.05, 0.1) is 12.2 Å². The van der Waals surface area contributed by atoms with E-state index in [4.69, 9.17) is 4.74 Å². The van der Waals surface area contributed by atoms with Crippen LogP contribution in [0.1, 0.15) is 27.2 Å². The van der Waals surface area contributed by atoms with E-state index in [9.17, 15) is 0 Å². The highest BCUT2D eigenvalue weighted by Crippen LogP contribution is 2.13. The van der Waals surface area contributed by atoms with Gasteiger partial charge in [-0.15, -0.1) is 0 Å². The molecular formula is C10H21NO. The highest BCUT2D eigenvalue weighted by atomic mass is 16.5. The molecule has 1 N–H and O–H groups in total. The lowest BCUT2D eigenvalue weighted by Gasteiger charge is -2.24. The quantitative estimate of drug-likeness (QED) is 0.617. The van der Waals surface area contributed by atoms with Gasteiger partial charge in [0.25, 0.3) is 0 Å². The van der Waals surface area contributed by atoms with E-state index in [1.54, 1.807) is 0 Å². The molecule has 2 heteroatoms. The van der Waals surface area contributed by atoms with E-state index in [0.717, 1.165) is 18.5 Å². The van der Waals surface area contributed by atoms with Gasteiger partial charge in [-0.25, -0.2) is 0 Å². The standard InChI is InChI=1S/C10H21NO/c1-6-10(3,4)12-8-9(2)7-11-5/h11H,2,6-8H2,1,3-5H3. The van der Waals surface area contributed by atoms with Gasteiger partial charge < -0.3 is 10.1 Å². The van der Waals surface area contributed by atoms with E-state index >= 15 is 0 Å². The van der Waals surface area contributed by atoms with E-state index in [1.165, 1.54) is 0 Å². The average molecular weight is 171 g/mol. The molecule has 12 heavy (non-hydrogen) atoms. The lowest BCUT2D eigenvalue weighted by atomic mass is 10.1. The Morgan fingerprint density at radius 3 is 2.50 bits per heavy atom. The van der Waals surface area contributed by atoms with Crippen molar-refractivity contribution in [2.45, 2.75) is 32.8 Å². The fraction of sp³-hybridized carbons (Fsp3) is 0.800. The SMILES string of the molecule is C=C(CNC)COC(C)(C)CC. The van der Waals surface area contributed by atoms with Crippen molar-refractivity contribution in [3.63, 3.8) is 0 Å². The number of likely N-dealkylation sites (N-methyl/N-ethyl adjacent to an activating group) is 1. The predicted molar refractivity (Wildman–Crippen MR) is 53.4 cm³/mol. The first-order valence-corrected chi connectivity index (χ1v) is 4.47. The monoisotopic (exact) mass is 171 g/mol. The summed E-state index contributed by atoms with van der Waals surface area (Å²) in [6, 6.07) is 0. The summed E-state index contributed by atoms with van der Waals surface area (Å²) in [5.41, 5.74) is 1.08. The van der Waals surface area contributed by atoms with Gasteiger partial charge in [-0.1, -0.05) is 13.5 Å². The summed E-state index contributed by atoms with van der Waals surface area (Å²) in [5.74, 6) is 0. The second kappa shape index (κ2) is 5.33. The molecule has 0 aliphatic heterocycles. The Morgan fingerprint density at radius 2 is 2.08 bits per heavy atom. The summed E-state index contributed by atoms with van der Waals surface area (Å²) >= 11 is 0. The van der Waals surface area contributed by atoms with Crippen LogP contribution in [0.2, 0.25) is 0 Å². The number of hydrogen-bond acceptors (Lipinski definition) is 2. The van der Waals surface area contributed by atoms with Gasteiger partial charge in [0.2, 0.25) is 0 Å². The molecule has 0 spiro atoms. The molecule has 0 radical (unpaired) electrons. The molecule has 0 aliphatic carbocycles. The van der Waals surface area contributed by atoms with Crippen LogP contribution < -0.4 is 5.32 Å². The van der Waals surface area contributed by atoms with Gasteiger partial charge in [0, 0.05) is 6.54 Å². The zero-order valence-corrected chi connectivity index (χ0v) is 8.74. The Hall–Kier alpha value is -0.340. The van der Waals surface area contributed by atoms with Crippen LogP contribution in [-0.4, -0.2) is 25.8 Å². The molecular weight excluding hydrogens is 150 g/mol. The summed E-state index contributed by atoms with van der Waals surface area (Å²) in [6.45, 7) is 11.7. The summed E-state index contributed by atoms with van der Waals surface area (Å²) < 4.78 is 5.65. The predicted octanol–water partition coefficient (Wildman–Crippen LogP) is 1.97. The summed E-state index contributed by atoms with van der Waals surface area (Å²) in [6.07, 6.45) is 1.03. The molecule has 0 fully saturated rings. The molecule has 0 saturated carbocycles. The third kappa shape index (κ3) is 5.33. The molecule has 72 valence electrons. The third-order valence-corrected chi connectivity index (χ3v) is 1.95. The molecule has 0 bridgehead atoms. The molecule has 0 rings (SSSR count). The fourth-order valence-electron chi connectivity index (χ4n) is 0.701. The maximum atomic E-state index is 5.65. The van der Waals surface area contributed by atoms with E-state index in [0.29, 0.717) is 6.61 Å². The highest BCUT2D eigenvalue weighted by molar-refractivity contribution is 4.96. The van der Waals surface area contributed by atoms with Crippen molar-refractivity contribution >= 4 is 0 Å². The van der Waals surface area contributed by atoms with Crippen LogP contribution in [0, 0.1) is 0 Å². The van der Waals surface area contributed by atoms with Crippen molar-refractivity contribution in [2.24, 2.45) is 0 Å². The first-order valence-electron chi connectivity index (χ1n) is 4.47. The molecule has 0 atom stereocenters. The highest BCUT2D eigenvalue weighted by Gasteiger charge is 2.14. The van der Waals surface area contributed by atoms with Crippen molar-refractivity contribution < 1.29 is 4.74 Å². The Bertz CT molecular complexity index is 141. The summed E-state index contributed by atoms with van der Waals surface area (Å²) in [7, 11) is 1.91. The molecule has 2 nitrogen and oxygen atoms in total. The Labute approximate surface area is 76.0 Å². The van der Waals surface area contributed by atoms with Gasteiger partial charge in [-0.05, 0) is 32.9 Å². The van der Waals surface area contributed by atoms with Crippen molar-refractivity contribution in [2.75, 3.05) is 20.2 Å². The first-order chi connectivity index (χ1) is 5.52. The fourth-order valence-corrected chi connectivity index (χ4v) is 0.701. The summed E-state index contributed by atoms with van der Waals surface area (Å²) in [5, 5.41) is 3.04. The van der Waals surface area contributed by atoms with Gasteiger partial charge in [0.15, 0.2) is 0 Å². The maximum absolute atomic E-state index is 5.65. The third-order valence-electron chi connectivity index (χ3n) is 1.95. The molecule has 0 heterocycles. The smallest absolute Gasteiger partial charge is 0.0693 e. The van der Waals surface area contributed by atoms with E-state index < -0.39 is 0 Å². The van der Waals surface area contributed by atoms with Gasteiger partial charge in [-0.2, -0.15) is 0 Å². The molecule has 0 unspecified atom stereocenters. The number of hydrogen-bond donors (Lipinski definition) is 1. The van der Waals surface area contributed by atoms with Crippen LogP contribution in [0.4, 0.5) is 0 Å². The van der Waals surface area contributed by atoms with Crippen LogP contribution in [0.25, 0.3) is 0 Å². The number of ether oxygens (including phenoxy) is 1. The molecule has 0 aromatic rings. The van der Waals surface area contributed by atoms with Crippen LogP contribution in [-0.2, 0) is 4.74 Å². The molecule has 0 saturated heterocycles. The van der Waals surface area contributed by atoms with E-state index in [2.05, 4.69) is 32.7 Å². The van der Waals surface area contributed by atoms with Crippen molar-refractivity contribution in [3.8, 4) is 0 Å². The molecule has 0 aromatic carbocycles. The van der Waals surface area contributed by atoms with Crippen LogP contribution in [0.5, 0.6) is 0 Å². The molecule has 0 aliphatic rings. The molecule has 0 aromatic heterocycles. The Balaban J connectivity index is 3.60. The van der Waals surface area contributed by atoms with Gasteiger partial charge >= 0.3 is 0 Å². The van der Waals surface area contributed by atoms with E-state index in [-0.39, 0.29) is 5.60 Å². The minimum Gasteiger partial charge on any atom is -0.371 e. The van der Waals surface area contributed by atoms with Gasteiger partial charge in [-0.3, -0.25) is 0 Å². The minimum atomic E-state index is -0.0172. The largest absolute Gasteiger partial charge is 0.371 e. The zero-order chi connectivity index (χ0) is 9.61. The Kier molecular flexibility index (Phi) is 5.18. The first kappa shape index (κ1) is 11.7. The second-order valence-corrected chi connectivity index (χ2v) is 3.68. The topological polar surface area (TPSA) is 21.3 Å². The second-order valence-electron chi connectivity index (χ2n) is 3.68. The van der Waals surface area contributed by atoms with Crippen molar-refractivity contribution in [3.05, 3.63) is 12.2 Å². The number of rotatable bonds is 6. The van der Waals surface area contributed by atoms with Crippen molar-refractivity contribution in [1.82, 2.24) is 5.32 Å². The van der Waals surface area contributed by atoms with Crippen LogP contribution in [0.3, 0.4) is 0 Å². The average Bonchev–Trinajstić information content (AvgIpc) is 2.02. The summed E-state index contributed by atoms with van der Waals surface area (Å²) in [4.78, 5) is 0. The van der Waals surface area contributed by atoms with Crippen LogP contribution >= 0.6 is 0 Å². The zero-order valence-electron chi connectivity index (χ0n) is 8.74. The molecule has 0 amide bonds. The van der Waals surface area contributed by atoms with Crippen LogP contribution in [0.15, 0.2) is 12.2 Å². The minimum absolute atomic E-state index is 0.0172. The van der Waals surface area contributed by atoms with Crippen molar-refractivity contribution in [1.29, 1.82) is 0 Å².